The maximum Gasteiger partial charge on any atom is 0.276 e. The second-order valence-electron chi connectivity index (χ2n) is 6.23. The molecule has 0 aliphatic rings. The Bertz CT molecular complexity index is 1000. The number of H-pyrrole nitrogens is 1. The van der Waals surface area contributed by atoms with E-state index in [4.69, 9.17) is 10.00 Å². The van der Waals surface area contributed by atoms with Gasteiger partial charge in [0, 0.05) is 23.5 Å². The minimum Gasteiger partial charge on any atom is -0.484 e. The van der Waals surface area contributed by atoms with Crippen molar-refractivity contribution >= 4 is 22.7 Å². The van der Waals surface area contributed by atoms with E-state index in [-0.39, 0.29) is 12.5 Å². The van der Waals surface area contributed by atoms with Crippen molar-refractivity contribution in [1.29, 1.82) is 5.26 Å². The van der Waals surface area contributed by atoms with Crippen molar-refractivity contribution in [2.45, 2.75) is 19.3 Å². The van der Waals surface area contributed by atoms with Gasteiger partial charge >= 0.3 is 0 Å². The standard InChI is InChI=1S/C21H20N4O3/c22-12-15-8-10-17(11-9-15)28-14-21(27)25-24-20(26)7-3-4-16-13-23-19-6-2-1-5-18(16)19/h1-2,5-6,8-11,13,23H,3-4,7,14H2,(H,24,26)(H,25,27). The van der Waals surface area contributed by atoms with Gasteiger partial charge in [-0.25, -0.2) is 0 Å². The number of amides is 2. The van der Waals surface area contributed by atoms with Crippen LogP contribution in [0.25, 0.3) is 10.9 Å². The smallest absolute Gasteiger partial charge is 0.276 e. The van der Waals surface area contributed by atoms with E-state index in [0.717, 1.165) is 17.3 Å². The molecule has 0 aliphatic heterocycles. The summed E-state index contributed by atoms with van der Waals surface area (Å²) in [6.45, 7) is -0.235. The van der Waals surface area contributed by atoms with Crippen LogP contribution in [0.1, 0.15) is 24.0 Å². The van der Waals surface area contributed by atoms with Gasteiger partial charge < -0.3 is 9.72 Å². The predicted octanol–water partition coefficient (Wildman–Crippen LogP) is 2.59. The minimum absolute atomic E-state index is 0.235. The van der Waals surface area contributed by atoms with Gasteiger partial charge in [0.25, 0.3) is 5.91 Å². The van der Waals surface area contributed by atoms with Gasteiger partial charge in [-0.05, 0) is 48.7 Å². The zero-order chi connectivity index (χ0) is 19.8. The second kappa shape index (κ2) is 9.24. The Morgan fingerprint density at radius 2 is 1.79 bits per heavy atom. The van der Waals surface area contributed by atoms with Gasteiger partial charge in [0.1, 0.15) is 5.75 Å². The van der Waals surface area contributed by atoms with Crippen LogP contribution < -0.4 is 15.6 Å². The number of carbonyl (C=O) groups is 2. The molecule has 142 valence electrons. The molecule has 1 heterocycles. The zero-order valence-corrected chi connectivity index (χ0v) is 15.2. The Balaban J connectivity index is 1.34. The average molecular weight is 376 g/mol. The molecule has 3 aromatic rings. The summed E-state index contributed by atoms with van der Waals surface area (Å²) in [5, 5.41) is 9.90. The van der Waals surface area contributed by atoms with Crippen LogP contribution in [-0.2, 0) is 16.0 Å². The summed E-state index contributed by atoms with van der Waals surface area (Å²) in [5.41, 5.74) is 7.47. The molecule has 0 unspecified atom stereocenters. The van der Waals surface area contributed by atoms with Gasteiger partial charge in [0.05, 0.1) is 11.6 Å². The van der Waals surface area contributed by atoms with Crippen LogP contribution in [0.3, 0.4) is 0 Å². The number of aromatic nitrogens is 1. The van der Waals surface area contributed by atoms with Gasteiger partial charge in [-0.2, -0.15) is 5.26 Å². The summed E-state index contributed by atoms with van der Waals surface area (Å²) in [4.78, 5) is 26.8. The third-order valence-corrected chi connectivity index (χ3v) is 4.22. The number of nitriles is 1. The van der Waals surface area contributed by atoms with Gasteiger partial charge in [0.2, 0.25) is 5.91 Å². The van der Waals surface area contributed by atoms with Crippen molar-refractivity contribution in [3.8, 4) is 11.8 Å². The van der Waals surface area contributed by atoms with Crippen molar-refractivity contribution in [3.63, 3.8) is 0 Å². The second-order valence-corrected chi connectivity index (χ2v) is 6.23. The highest BCUT2D eigenvalue weighted by Gasteiger charge is 2.07. The Labute approximate surface area is 162 Å². The van der Waals surface area contributed by atoms with E-state index < -0.39 is 5.91 Å². The molecule has 0 saturated carbocycles. The van der Waals surface area contributed by atoms with E-state index in [0.29, 0.717) is 24.2 Å². The lowest BCUT2D eigenvalue weighted by Gasteiger charge is -2.09. The van der Waals surface area contributed by atoms with Crippen LogP contribution in [0.4, 0.5) is 0 Å². The van der Waals surface area contributed by atoms with Gasteiger partial charge in [0.15, 0.2) is 6.61 Å². The van der Waals surface area contributed by atoms with E-state index in [2.05, 4.69) is 21.9 Å². The number of benzene rings is 2. The van der Waals surface area contributed by atoms with Crippen LogP contribution in [0.5, 0.6) is 5.75 Å². The molecule has 0 saturated heterocycles. The number of hydrogen-bond donors (Lipinski definition) is 3. The van der Waals surface area contributed by atoms with Crippen LogP contribution in [0.15, 0.2) is 54.7 Å². The number of hydrazine groups is 1. The molecular weight excluding hydrogens is 356 g/mol. The fraction of sp³-hybridized carbons (Fsp3) is 0.190. The molecule has 0 bridgehead atoms. The fourth-order valence-electron chi connectivity index (χ4n) is 2.79. The molecule has 0 radical (unpaired) electrons. The lowest BCUT2D eigenvalue weighted by Crippen LogP contribution is -2.43. The number of fused-ring (bicyclic) bond motifs is 1. The molecule has 0 aliphatic carbocycles. The molecule has 0 fully saturated rings. The number of aryl methyl sites for hydroxylation is 1. The normalized spacial score (nSPS) is 10.2. The number of hydrogen-bond acceptors (Lipinski definition) is 4. The summed E-state index contributed by atoms with van der Waals surface area (Å²) in [6.07, 6.45) is 3.71. The van der Waals surface area contributed by atoms with Crippen LogP contribution in [0.2, 0.25) is 0 Å². The highest BCUT2D eigenvalue weighted by molar-refractivity contribution is 5.84. The summed E-state index contributed by atoms with van der Waals surface area (Å²) in [6, 6.07) is 16.4. The molecule has 0 atom stereocenters. The van der Waals surface area contributed by atoms with Gasteiger partial charge in [-0.1, -0.05) is 18.2 Å². The lowest BCUT2D eigenvalue weighted by atomic mass is 10.1. The molecule has 7 nitrogen and oxygen atoms in total. The number of carbonyl (C=O) groups excluding carboxylic acids is 2. The summed E-state index contributed by atoms with van der Waals surface area (Å²) >= 11 is 0. The van der Waals surface area contributed by atoms with Crippen molar-refractivity contribution < 1.29 is 14.3 Å². The number of nitrogens with one attached hydrogen (secondary N) is 3. The summed E-state index contributed by atoms with van der Waals surface area (Å²) in [5.74, 6) is -0.250. The molecular formula is C21H20N4O3. The number of aromatic amines is 1. The average Bonchev–Trinajstić information content (AvgIpc) is 3.14. The Kier molecular flexibility index (Phi) is 6.26. The Morgan fingerprint density at radius 3 is 2.57 bits per heavy atom. The van der Waals surface area contributed by atoms with Crippen LogP contribution >= 0.6 is 0 Å². The van der Waals surface area contributed by atoms with Gasteiger partial charge in [-0.15, -0.1) is 0 Å². The maximum atomic E-state index is 11.9. The first-order chi connectivity index (χ1) is 13.7. The van der Waals surface area contributed by atoms with Crippen LogP contribution in [-0.4, -0.2) is 23.4 Å². The van der Waals surface area contributed by atoms with Crippen molar-refractivity contribution in [1.82, 2.24) is 15.8 Å². The first-order valence-electron chi connectivity index (χ1n) is 8.91. The zero-order valence-electron chi connectivity index (χ0n) is 15.2. The van der Waals surface area contributed by atoms with Crippen molar-refractivity contribution in [2.24, 2.45) is 0 Å². The van der Waals surface area contributed by atoms with E-state index in [1.165, 1.54) is 5.56 Å². The van der Waals surface area contributed by atoms with E-state index in [1.54, 1.807) is 24.3 Å². The molecule has 2 aromatic carbocycles. The molecule has 0 spiro atoms. The topological polar surface area (TPSA) is 107 Å². The van der Waals surface area contributed by atoms with E-state index >= 15 is 0 Å². The monoisotopic (exact) mass is 376 g/mol. The summed E-state index contributed by atoms with van der Waals surface area (Å²) in [7, 11) is 0. The largest absolute Gasteiger partial charge is 0.484 e. The number of ether oxygens (including phenoxy) is 1. The molecule has 2 amide bonds. The third-order valence-electron chi connectivity index (χ3n) is 4.22. The summed E-state index contributed by atoms with van der Waals surface area (Å²) < 4.78 is 5.29. The first-order valence-corrected chi connectivity index (χ1v) is 8.91. The quantitative estimate of drug-likeness (QED) is 0.551. The highest BCUT2D eigenvalue weighted by atomic mass is 16.5. The molecule has 28 heavy (non-hydrogen) atoms. The number of para-hydroxylation sites is 1. The van der Waals surface area contributed by atoms with Gasteiger partial charge in [-0.3, -0.25) is 20.4 Å². The van der Waals surface area contributed by atoms with E-state index in [9.17, 15) is 9.59 Å². The molecule has 7 heteroatoms. The highest BCUT2D eigenvalue weighted by Crippen LogP contribution is 2.19. The SMILES string of the molecule is N#Cc1ccc(OCC(=O)NNC(=O)CCCc2c[nH]c3ccccc23)cc1. The predicted molar refractivity (Wildman–Crippen MR) is 104 cm³/mol. The molecule has 3 N–H and O–H groups in total. The lowest BCUT2D eigenvalue weighted by molar-refractivity contribution is -0.130. The van der Waals surface area contributed by atoms with Crippen LogP contribution in [0, 0.1) is 11.3 Å². The molecule has 3 rings (SSSR count). The minimum atomic E-state index is -0.464. The maximum absolute atomic E-state index is 11.9. The van der Waals surface area contributed by atoms with E-state index in [1.807, 2.05) is 30.5 Å². The number of rotatable bonds is 7. The van der Waals surface area contributed by atoms with Crippen molar-refractivity contribution in [3.05, 3.63) is 65.9 Å². The fourth-order valence-corrected chi connectivity index (χ4v) is 2.79. The third kappa shape index (κ3) is 5.11. The van der Waals surface area contributed by atoms with Crippen molar-refractivity contribution in [2.75, 3.05) is 6.61 Å². The Morgan fingerprint density at radius 1 is 1.04 bits per heavy atom. The Hall–Kier alpha value is -3.79. The molecule has 1 aromatic heterocycles. The first kappa shape index (κ1) is 19.0. The number of nitrogens with zero attached hydrogens (tertiary/aromatic N) is 1.